The number of nitrogen functional groups attached to an aromatic ring is 1. The Morgan fingerprint density at radius 1 is 1.47 bits per heavy atom. The molecule has 1 aromatic rings. The molecule has 19 heavy (non-hydrogen) atoms. The van der Waals surface area contributed by atoms with E-state index in [4.69, 9.17) is 16.2 Å². The van der Waals surface area contributed by atoms with Crippen molar-refractivity contribution in [2.75, 3.05) is 12.3 Å². The molecule has 0 atom stereocenters. The van der Waals surface area contributed by atoms with Crippen LogP contribution in [0.5, 0.6) is 5.88 Å². The molecule has 1 aromatic heterocycles. The van der Waals surface area contributed by atoms with Crippen molar-refractivity contribution in [1.29, 1.82) is 0 Å². The normalized spacial score (nSPS) is 11.2. The van der Waals surface area contributed by atoms with Gasteiger partial charge in [-0.3, -0.25) is 0 Å². The first-order chi connectivity index (χ1) is 8.78. The molecular weight excluding hydrogens is 267 g/mol. The Bertz CT molecular complexity index is 477. The van der Waals surface area contributed by atoms with Crippen LogP contribution in [0.25, 0.3) is 0 Å². The summed E-state index contributed by atoms with van der Waals surface area (Å²) in [5, 5.41) is 0. The Morgan fingerprint density at radius 3 is 2.58 bits per heavy atom. The van der Waals surface area contributed by atoms with Crippen LogP contribution in [0.1, 0.15) is 22.8 Å². The Labute approximate surface area is 106 Å². The van der Waals surface area contributed by atoms with Crippen molar-refractivity contribution < 1.29 is 27.4 Å². The maximum atomic E-state index is 12.1. The van der Waals surface area contributed by atoms with Crippen molar-refractivity contribution in [3.8, 4) is 5.88 Å². The highest BCUT2D eigenvalue weighted by Gasteiger charge is 2.32. The first kappa shape index (κ1) is 15.0. The Balaban J connectivity index is 3.18. The standard InChI is InChI=1S/C10H12F3N3O3/c1-2-18-9(17)7-5(4-14)3-6(16-8(7)15)19-10(11,12)13/h3H,2,4,14H2,1H3,(H2,15,16). The number of nitrogens with two attached hydrogens (primary N) is 2. The number of esters is 1. The van der Waals surface area contributed by atoms with E-state index in [0.29, 0.717) is 0 Å². The molecule has 0 aliphatic rings. The number of aromatic nitrogens is 1. The number of alkyl halides is 3. The van der Waals surface area contributed by atoms with Gasteiger partial charge in [0.25, 0.3) is 0 Å². The third-order valence-corrected chi connectivity index (χ3v) is 2.03. The Morgan fingerprint density at radius 2 is 2.11 bits per heavy atom. The average Bonchev–Trinajstić information content (AvgIpc) is 2.25. The fourth-order valence-corrected chi connectivity index (χ4v) is 1.36. The summed E-state index contributed by atoms with van der Waals surface area (Å²) in [5.74, 6) is -2.01. The van der Waals surface area contributed by atoms with E-state index in [1.54, 1.807) is 6.92 Å². The smallest absolute Gasteiger partial charge is 0.462 e. The van der Waals surface area contributed by atoms with E-state index in [2.05, 4.69) is 9.72 Å². The molecule has 0 fully saturated rings. The number of hydrogen-bond donors (Lipinski definition) is 2. The van der Waals surface area contributed by atoms with Gasteiger partial charge >= 0.3 is 12.3 Å². The van der Waals surface area contributed by atoms with Gasteiger partial charge in [0.15, 0.2) is 0 Å². The van der Waals surface area contributed by atoms with Crippen LogP contribution in [-0.2, 0) is 11.3 Å². The Kier molecular flexibility index (Phi) is 4.54. The highest BCUT2D eigenvalue weighted by molar-refractivity contribution is 5.96. The molecule has 0 amide bonds. The van der Waals surface area contributed by atoms with Gasteiger partial charge in [-0.05, 0) is 12.5 Å². The third-order valence-electron chi connectivity index (χ3n) is 2.03. The van der Waals surface area contributed by atoms with E-state index in [1.165, 1.54) is 0 Å². The molecule has 0 aliphatic heterocycles. The number of ether oxygens (including phenoxy) is 2. The van der Waals surface area contributed by atoms with Crippen LogP contribution in [-0.4, -0.2) is 23.9 Å². The third kappa shape index (κ3) is 3.98. The van der Waals surface area contributed by atoms with Gasteiger partial charge in [0.05, 0.1) is 6.61 Å². The van der Waals surface area contributed by atoms with E-state index >= 15 is 0 Å². The number of carbonyl (C=O) groups excluding carboxylic acids is 1. The zero-order valence-corrected chi connectivity index (χ0v) is 9.95. The van der Waals surface area contributed by atoms with Gasteiger partial charge in [-0.1, -0.05) is 0 Å². The summed E-state index contributed by atoms with van der Waals surface area (Å²) in [6, 6.07) is 0.899. The van der Waals surface area contributed by atoms with E-state index < -0.39 is 24.0 Å². The SMILES string of the molecule is CCOC(=O)c1c(CN)cc(OC(F)(F)F)nc1N. The van der Waals surface area contributed by atoms with Crippen LogP contribution in [0.4, 0.5) is 19.0 Å². The second kappa shape index (κ2) is 5.74. The molecule has 0 radical (unpaired) electrons. The fourth-order valence-electron chi connectivity index (χ4n) is 1.36. The van der Waals surface area contributed by atoms with Crippen molar-refractivity contribution in [2.24, 2.45) is 5.73 Å². The van der Waals surface area contributed by atoms with Gasteiger partial charge < -0.3 is 20.9 Å². The lowest BCUT2D eigenvalue weighted by Gasteiger charge is -2.13. The van der Waals surface area contributed by atoms with Gasteiger partial charge in [-0.15, -0.1) is 13.2 Å². The number of hydrogen-bond acceptors (Lipinski definition) is 6. The predicted molar refractivity (Wildman–Crippen MR) is 59.2 cm³/mol. The van der Waals surface area contributed by atoms with Crippen molar-refractivity contribution in [3.05, 3.63) is 17.2 Å². The molecule has 0 aliphatic carbocycles. The van der Waals surface area contributed by atoms with E-state index in [9.17, 15) is 18.0 Å². The van der Waals surface area contributed by atoms with Crippen LogP contribution in [0.15, 0.2) is 6.07 Å². The summed E-state index contributed by atoms with van der Waals surface area (Å²) in [6.45, 7) is 1.45. The molecule has 0 unspecified atom stereocenters. The molecule has 1 heterocycles. The van der Waals surface area contributed by atoms with Gasteiger partial charge in [-0.25, -0.2) is 4.79 Å². The number of rotatable bonds is 4. The fraction of sp³-hybridized carbons (Fsp3) is 0.400. The number of halogens is 3. The Hall–Kier alpha value is -2.03. The van der Waals surface area contributed by atoms with Crippen molar-refractivity contribution >= 4 is 11.8 Å². The lowest BCUT2D eigenvalue weighted by molar-refractivity contribution is -0.276. The topological polar surface area (TPSA) is 100 Å². The molecule has 0 aromatic carbocycles. The molecule has 0 spiro atoms. The molecule has 6 nitrogen and oxygen atoms in total. The van der Waals surface area contributed by atoms with Crippen LogP contribution in [0.2, 0.25) is 0 Å². The minimum Gasteiger partial charge on any atom is -0.462 e. The zero-order chi connectivity index (χ0) is 14.6. The molecule has 0 saturated carbocycles. The maximum Gasteiger partial charge on any atom is 0.574 e. The molecule has 0 saturated heterocycles. The number of anilines is 1. The first-order valence-electron chi connectivity index (χ1n) is 5.20. The minimum atomic E-state index is -4.91. The van der Waals surface area contributed by atoms with Crippen molar-refractivity contribution in [3.63, 3.8) is 0 Å². The van der Waals surface area contributed by atoms with E-state index in [0.717, 1.165) is 6.07 Å². The van der Waals surface area contributed by atoms with Gasteiger partial charge in [0.2, 0.25) is 5.88 Å². The van der Waals surface area contributed by atoms with Crippen LogP contribution >= 0.6 is 0 Å². The molecule has 106 valence electrons. The molecule has 1 rings (SSSR count). The predicted octanol–water partition coefficient (Wildman–Crippen LogP) is 1.20. The lowest BCUT2D eigenvalue weighted by atomic mass is 10.1. The molecule has 9 heteroatoms. The quantitative estimate of drug-likeness (QED) is 0.803. The van der Waals surface area contributed by atoms with Gasteiger partial charge in [0, 0.05) is 12.6 Å². The van der Waals surface area contributed by atoms with Crippen molar-refractivity contribution in [2.45, 2.75) is 19.8 Å². The zero-order valence-electron chi connectivity index (χ0n) is 9.95. The summed E-state index contributed by atoms with van der Waals surface area (Å²) < 4.78 is 44.5. The summed E-state index contributed by atoms with van der Waals surface area (Å²) in [6.07, 6.45) is -4.91. The first-order valence-corrected chi connectivity index (χ1v) is 5.20. The summed E-state index contributed by atoms with van der Waals surface area (Å²) in [5.41, 5.74) is 10.7. The van der Waals surface area contributed by atoms with Gasteiger partial charge in [0.1, 0.15) is 11.4 Å². The van der Waals surface area contributed by atoms with Gasteiger partial charge in [-0.2, -0.15) is 4.98 Å². The summed E-state index contributed by atoms with van der Waals surface area (Å²) >= 11 is 0. The molecule has 0 bridgehead atoms. The summed E-state index contributed by atoms with van der Waals surface area (Å²) in [4.78, 5) is 14.9. The monoisotopic (exact) mass is 279 g/mol. The maximum absolute atomic E-state index is 12.1. The van der Waals surface area contributed by atoms with Crippen LogP contribution in [0.3, 0.4) is 0 Å². The number of nitrogens with zero attached hydrogens (tertiary/aromatic N) is 1. The van der Waals surface area contributed by atoms with E-state index in [1.807, 2.05) is 0 Å². The molecule has 4 N–H and O–H groups in total. The van der Waals surface area contributed by atoms with Crippen LogP contribution < -0.4 is 16.2 Å². The minimum absolute atomic E-state index is 0.0604. The second-order valence-electron chi connectivity index (χ2n) is 3.35. The van der Waals surface area contributed by atoms with Crippen LogP contribution in [0, 0.1) is 0 Å². The largest absolute Gasteiger partial charge is 0.574 e. The van der Waals surface area contributed by atoms with Crippen molar-refractivity contribution in [1.82, 2.24) is 4.98 Å². The van der Waals surface area contributed by atoms with E-state index in [-0.39, 0.29) is 24.3 Å². The number of pyridine rings is 1. The summed E-state index contributed by atoms with van der Waals surface area (Å²) in [7, 11) is 0. The average molecular weight is 279 g/mol. The number of carbonyl (C=O) groups is 1. The highest BCUT2D eigenvalue weighted by atomic mass is 19.4. The second-order valence-corrected chi connectivity index (χ2v) is 3.35. The molecular formula is C10H12F3N3O3. The lowest BCUT2D eigenvalue weighted by Crippen LogP contribution is -2.20. The highest BCUT2D eigenvalue weighted by Crippen LogP contribution is 2.26.